The number of nitro groups is 1. The standard InChI is InChI=1S/C9H8N4O3/c14-13(15)8-1-2-9(11-6-8)10-5-7-3-4-16-12-7/h1-4,6H,5H2,(H,10,11). The molecule has 2 aromatic rings. The van der Waals surface area contributed by atoms with Gasteiger partial charge in [0.15, 0.2) is 0 Å². The minimum atomic E-state index is -0.492. The summed E-state index contributed by atoms with van der Waals surface area (Å²) in [4.78, 5) is 13.8. The first-order chi connectivity index (χ1) is 7.75. The molecule has 1 N–H and O–H groups in total. The Bertz CT molecular complexity index is 466. The third-order valence-corrected chi connectivity index (χ3v) is 1.90. The Labute approximate surface area is 90.2 Å². The molecule has 2 aromatic heterocycles. The van der Waals surface area contributed by atoms with E-state index in [1.165, 1.54) is 24.6 Å². The van der Waals surface area contributed by atoms with Gasteiger partial charge in [0.2, 0.25) is 0 Å². The van der Waals surface area contributed by atoms with Crippen molar-refractivity contribution in [2.45, 2.75) is 6.54 Å². The molecular weight excluding hydrogens is 212 g/mol. The molecule has 0 aromatic carbocycles. The van der Waals surface area contributed by atoms with Gasteiger partial charge in [-0.05, 0) is 6.07 Å². The summed E-state index contributed by atoms with van der Waals surface area (Å²) < 4.78 is 4.65. The van der Waals surface area contributed by atoms with E-state index in [4.69, 9.17) is 0 Å². The van der Waals surface area contributed by atoms with Crippen LogP contribution in [0.5, 0.6) is 0 Å². The van der Waals surface area contributed by atoms with Crippen LogP contribution in [-0.2, 0) is 6.54 Å². The summed E-state index contributed by atoms with van der Waals surface area (Å²) in [5.41, 5.74) is 0.701. The maximum absolute atomic E-state index is 10.4. The van der Waals surface area contributed by atoms with Crippen LogP contribution in [-0.4, -0.2) is 15.1 Å². The van der Waals surface area contributed by atoms with Crippen LogP contribution in [0.3, 0.4) is 0 Å². The van der Waals surface area contributed by atoms with Gasteiger partial charge in [-0.1, -0.05) is 5.16 Å². The van der Waals surface area contributed by atoms with Crippen LogP contribution in [0.15, 0.2) is 35.2 Å². The quantitative estimate of drug-likeness (QED) is 0.621. The molecule has 0 fully saturated rings. The molecule has 0 atom stereocenters. The van der Waals surface area contributed by atoms with E-state index in [9.17, 15) is 10.1 Å². The average molecular weight is 220 g/mol. The molecule has 0 bridgehead atoms. The summed E-state index contributed by atoms with van der Waals surface area (Å²) in [6.45, 7) is 0.460. The van der Waals surface area contributed by atoms with Crippen molar-refractivity contribution < 1.29 is 9.45 Å². The minimum absolute atomic E-state index is 0.0352. The van der Waals surface area contributed by atoms with Gasteiger partial charge in [0, 0.05) is 12.1 Å². The van der Waals surface area contributed by atoms with Crippen LogP contribution in [0.2, 0.25) is 0 Å². The second-order valence-electron chi connectivity index (χ2n) is 3.00. The van der Waals surface area contributed by atoms with Gasteiger partial charge in [-0.3, -0.25) is 10.1 Å². The lowest BCUT2D eigenvalue weighted by Crippen LogP contribution is -2.01. The predicted molar refractivity (Wildman–Crippen MR) is 54.7 cm³/mol. The lowest BCUT2D eigenvalue weighted by Gasteiger charge is -2.01. The number of rotatable bonds is 4. The second-order valence-corrected chi connectivity index (χ2v) is 3.00. The van der Waals surface area contributed by atoms with Gasteiger partial charge >= 0.3 is 0 Å². The minimum Gasteiger partial charge on any atom is -0.364 e. The summed E-state index contributed by atoms with van der Waals surface area (Å²) in [6.07, 6.45) is 2.67. The summed E-state index contributed by atoms with van der Waals surface area (Å²) in [7, 11) is 0. The average Bonchev–Trinajstić information content (AvgIpc) is 2.80. The highest BCUT2D eigenvalue weighted by Gasteiger charge is 2.05. The Morgan fingerprint density at radius 2 is 2.31 bits per heavy atom. The summed E-state index contributed by atoms with van der Waals surface area (Å²) >= 11 is 0. The number of hydrogen-bond donors (Lipinski definition) is 1. The number of nitrogens with zero attached hydrogens (tertiary/aromatic N) is 3. The van der Waals surface area contributed by atoms with E-state index < -0.39 is 4.92 Å². The largest absolute Gasteiger partial charge is 0.364 e. The van der Waals surface area contributed by atoms with Crippen molar-refractivity contribution >= 4 is 11.5 Å². The molecule has 16 heavy (non-hydrogen) atoms. The number of aromatic nitrogens is 2. The Balaban J connectivity index is 1.98. The Hall–Kier alpha value is -2.44. The zero-order valence-electron chi connectivity index (χ0n) is 8.16. The highest BCUT2D eigenvalue weighted by Crippen LogP contribution is 2.12. The van der Waals surface area contributed by atoms with Crippen LogP contribution in [0.1, 0.15) is 5.69 Å². The fourth-order valence-corrected chi connectivity index (χ4v) is 1.11. The zero-order chi connectivity index (χ0) is 11.4. The molecule has 2 rings (SSSR count). The van der Waals surface area contributed by atoms with Gasteiger partial charge in [0.25, 0.3) is 5.69 Å². The van der Waals surface area contributed by atoms with Crippen LogP contribution in [0.4, 0.5) is 11.5 Å². The molecular formula is C9H8N4O3. The fourth-order valence-electron chi connectivity index (χ4n) is 1.11. The van der Waals surface area contributed by atoms with E-state index >= 15 is 0 Å². The maximum Gasteiger partial charge on any atom is 0.287 e. The molecule has 7 nitrogen and oxygen atoms in total. The van der Waals surface area contributed by atoms with Gasteiger partial charge in [0.1, 0.15) is 24.0 Å². The van der Waals surface area contributed by atoms with E-state index in [1.807, 2.05) is 0 Å². The predicted octanol–water partition coefficient (Wildman–Crippen LogP) is 1.59. The number of hydrogen-bond acceptors (Lipinski definition) is 6. The Morgan fingerprint density at radius 3 is 2.88 bits per heavy atom. The van der Waals surface area contributed by atoms with E-state index in [0.717, 1.165) is 5.69 Å². The fraction of sp³-hybridized carbons (Fsp3) is 0.111. The summed E-state index contributed by atoms with van der Waals surface area (Å²) in [5, 5.41) is 17.0. The monoisotopic (exact) mass is 220 g/mol. The number of pyridine rings is 1. The molecule has 0 radical (unpaired) electrons. The lowest BCUT2D eigenvalue weighted by atomic mass is 10.4. The summed E-state index contributed by atoms with van der Waals surface area (Å²) in [5.74, 6) is 0.550. The first kappa shape index (κ1) is 10.1. The molecule has 0 saturated heterocycles. The van der Waals surface area contributed by atoms with Gasteiger partial charge in [-0.15, -0.1) is 0 Å². The third-order valence-electron chi connectivity index (χ3n) is 1.90. The first-order valence-electron chi connectivity index (χ1n) is 4.49. The molecule has 0 amide bonds. The molecule has 0 aliphatic heterocycles. The van der Waals surface area contributed by atoms with Crippen molar-refractivity contribution in [3.8, 4) is 0 Å². The Morgan fingerprint density at radius 1 is 1.44 bits per heavy atom. The summed E-state index contributed by atoms with van der Waals surface area (Å²) in [6, 6.07) is 4.65. The second kappa shape index (κ2) is 4.39. The van der Waals surface area contributed by atoms with Crippen LogP contribution < -0.4 is 5.32 Å². The van der Waals surface area contributed by atoms with Gasteiger partial charge in [0.05, 0.1) is 11.5 Å². The molecule has 7 heteroatoms. The molecule has 0 unspecified atom stereocenters. The Kier molecular flexibility index (Phi) is 2.77. The van der Waals surface area contributed by atoms with Crippen molar-refractivity contribution in [2.75, 3.05) is 5.32 Å². The maximum atomic E-state index is 10.4. The number of nitrogens with one attached hydrogen (secondary N) is 1. The topological polar surface area (TPSA) is 94.1 Å². The van der Waals surface area contributed by atoms with Gasteiger partial charge < -0.3 is 9.84 Å². The van der Waals surface area contributed by atoms with Crippen LogP contribution in [0, 0.1) is 10.1 Å². The molecule has 0 aliphatic rings. The molecule has 82 valence electrons. The van der Waals surface area contributed by atoms with E-state index in [1.54, 1.807) is 6.07 Å². The van der Waals surface area contributed by atoms with Crippen molar-refractivity contribution in [1.82, 2.24) is 10.1 Å². The first-order valence-corrected chi connectivity index (χ1v) is 4.49. The van der Waals surface area contributed by atoms with E-state index in [-0.39, 0.29) is 5.69 Å². The smallest absolute Gasteiger partial charge is 0.287 e. The van der Waals surface area contributed by atoms with Crippen molar-refractivity contribution in [2.24, 2.45) is 0 Å². The van der Waals surface area contributed by atoms with Crippen LogP contribution >= 0.6 is 0 Å². The third kappa shape index (κ3) is 2.32. The molecule has 0 spiro atoms. The highest BCUT2D eigenvalue weighted by atomic mass is 16.6. The SMILES string of the molecule is O=[N+]([O-])c1ccc(NCc2ccon2)nc1. The highest BCUT2D eigenvalue weighted by molar-refractivity contribution is 5.40. The van der Waals surface area contributed by atoms with Crippen molar-refractivity contribution in [3.05, 3.63) is 46.5 Å². The number of anilines is 1. The van der Waals surface area contributed by atoms with Crippen molar-refractivity contribution in [3.63, 3.8) is 0 Å². The van der Waals surface area contributed by atoms with E-state index in [2.05, 4.69) is 20.0 Å². The molecule has 2 heterocycles. The van der Waals surface area contributed by atoms with E-state index in [0.29, 0.717) is 12.4 Å². The van der Waals surface area contributed by atoms with Gasteiger partial charge in [-0.2, -0.15) is 0 Å². The van der Waals surface area contributed by atoms with Crippen molar-refractivity contribution in [1.29, 1.82) is 0 Å². The molecule has 0 aliphatic carbocycles. The van der Waals surface area contributed by atoms with Gasteiger partial charge in [-0.25, -0.2) is 4.98 Å². The van der Waals surface area contributed by atoms with Crippen LogP contribution in [0.25, 0.3) is 0 Å². The lowest BCUT2D eigenvalue weighted by molar-refractivity contribution is -0.385. The zero-order valence-corrected chi connectivity index (χ0v) is 8.16. The normalized spacial score (nSPS) is 10.0. The molecule has 0 saturated carbocycles.